The summed E-state index contributed by atoms with van der Waals surface area (Å²) >= 11 is 1.64. The van der Waals surface area contributed by atoms with E-state index in [1.54, 1.807) is 24.5 Å². The summed E-state index contributed by atoms with van der Waals surface area (Å²) < 4.78 is 4.63. The maximum absolute atomic E-state index is 10.8. The van der Waals surface area contributed by atoms with E-state index in [-0.39, 0.29) is 0 Å². The van der Waals surface area contributed by atoms with Crippen molar-refractivity contribution in [2.45, 2.75) is 13.8 Å². The smallest absolute Gasteiger partial charge is 0.427 e. The van der Waals surface area contributed by atoms with Gasteiger partial charge in [-0.3, -0.25) is 0 Å². The van der Waals surface area contributed by atoms with E-state index >= 15 is 0 Å². The first-order valence-corrected chi connectivity index (χ1v) is 5.12. The molecule has 0 fully saturated rings. The average molecular weight is 212 g/mol. The van der Waals surface area contributed by atoms with Crippen LogP contribution in [0.25, 0.3) is 0 Å². The molecule has 5 heteroatoms. The normalized spacial score (nSPS) is 10.4. The van der Waals surface area contributed by atoms with Gasteiger partial charge in [0.15, 0.2) is 0 Å². The minimum atomic E-state index is -0.531. The summed E-state index contributed by atoms with van der Waals surface area (Å²) in [6.45, 7) is 4.08. The molecule has 0 bridgehead atoms. The lowest BCUT2D eigenvalue weighted by atomic mass is 10.3. The number of nitrogens with zero attached hydrogens (tertiary/aromatic N) is 1. The van der Waals surface area contributed by atoms with Crippen molar-refractivity contribution in [3.63, 3.8) is 0 Å². The number of thiophene rings is 1. The molecule has 1 heterocycles. The maximum atomic E-state index is 10.8. The second-order valence-electron chi connectivity index (χ2n) is 2.52. The topological polar surface area (TPSA) is 50.7 Å². The Labute approximate surface area is 86.6 Å². The Balaban J connectivity index is 2.42. The molecular formula is C9H12N2O2S. The monoisotopic (exact) mass is 212 g/mol. The van der Waals surface area contributed by atoms with Gasteiger partial charge in [0.25, 0.3) is 0 Å². The molecular weight excluding hydrogens is 200 g/mol. The van der Waals surface area contributed by atoms with Gasteiger partial charge < -0.3 is 4.74 Å². The molecule has 1 aromatic rings. The number of rotatable bonds is 3. The Morgan fingerprint density at radius 3 is 3.14 bits per heavy atom. The van der Waals surface area contributed by atoms with Crippen LogP contribution in [0.1, 0.15) is 17.4 Å². The van der Waals surface area contributed by atoms with Crippen molar-refractivity contribution in [2.75, 3.05) is 6.61 Å². The number of nitrogens with one attached hydrogen (secondary N) is 1. The van der Waals surface area contributed by atoms with Gasteiger partial charge in [-0.25, -0.2) is 10.2 Å². The summed E-state index contributed by atoms with van der Waals surface area (Å²) in [4.78, 5) is 12.0. The average Bonchev–Trinajstić information content (AvgIpc) is 2.52. The summed E-state index contributed by atoms with van der Waals surface area (Å²) in [6.07, 6.45) is 1.07. The number of amides is 1. The van der Waals surface area contributed by atoms with Crippen LogP contribution in [-0.2, 0) is 4.74 Å². The lowest BCUT2D eigenvalue weighted by Crippen LogP contribution is -2.18. The fourth-order valence-electron chi connectivity index (χ4n) is 0.847. The quantitative estimate of drug-likeness (QED) is 0.616. The molecule has 0 unspecified atom stereocenters. The van der Waals surface area contributed by atoms with E-state index in [0.717, 1.165) is 5.56 Å². The summed E-state index contributed by atoms with van der Waals surface area (Å²) in [5, 5.41) is 5.72. The summed E-state index contributed by atoms with van der Waals surface area (Å²) in [5.41, 5.74) is 3.27. The fraction of sp³-hybridized carbons (Fsp3) is 0.333. The zero-order chi connectivity index (χ0) is 10.4. The van der Waals surface area contributed by atoms with E-state index in [1.165, 1.54) is 4.88 Å². The van der Waals surface area contributed by atoms with Crippen LogP contribution >= 0.6 is 11.3 Å². The van der Waals surface area contributed by atoms with Crippen LogP contribution in [-0.4, -0.2) is 18.9 Å². The van der Waals surface area contributed by atoms with Gasteiger partial charge in [0.05, 0.1) is 12.8 Å². The van der Waals surface area contributed by atoms with Crippen molar-refractivity contribution in [3.05, 3.63) is 21.9 Å². The van der Waals surface area contributed by atoms with Gasteiger partial charge in [0.2, 0.25) is 0 Å². The molecule has 0 saturated heterocycles. The fourth-order valence-corrected chi connectivity index (χ4v) is 1.52. The highest BCUT2D eigenvalue weighted by atomic mass is 32.1. The van der Waals surface area contributed by atoms with Gasteiger partial charge in [-0.2, -0.15) is 5.10 Å². The Kier molecular flexibility index (Phi) is 4.12. The summed E-state index contributed by atoms with van der Waals surface area (Å²) in [7, 11) is 0. The van der Waals surface area contributed by atoms with Crippen LogP contribution in [0.2, 0.25) is 0 Å². The molecule has 0 aliphatic carbocycles. The Bertz CT molecular complexity index is 333. The standard InChI is InChI=1S/C9H12N2O2S/c1-3-13-9(12)11-10-6-8-4-5-14-7(8)2/h4-6H,3H2,1-2H3,(H,11,12)/b10-6+. The van der Waals surface area contributed by atoms with Crippen LogP contribution < -0.4 is 5.43 Å². The number of hydrazone groups is 1. The second kappa shape index (κ2) is 5.39. The highest BCUT2D eigenvalue weighted by Crippen LogP contribution is 2.12. The SMILES string of the molecule is CCOC(=O)N/N=C/c1ccsc1C. The zero-order valence-corrected chi connectivity index (χ0v) is 8.93. The van der Waals surface area contributed by atoms with E-state index in [0.29, 0.717) is 6.61 Å². The lowest BCUT2D eigenvalue weighted by Gasteiger charge is -1.98. The first-order chi connectivity index (χ1) is 6.74. The number of carbonyl (C=O) groups is 1. The lowest BCUT2D eigenvalue weighted by molar-refractivity contribution is 0.152. The number of carbonyl (C=O) groups excluding carboxylic acids is 1. The van der Waals surface area contributed by atoms with Crippen molar-refractivity contribution < 1.29 is 9.53 Å². The van der Waals surface area contributed by atoms with Gasteiger partial charge in [0, 0.05) is 10.4 Å². The third kappa shape index (κ3) is 3.18. The molecule has 0 spiro atoms. The molecule has 76 valence electrons. The number of ether oxygens (including phenoxy) is 1. The minimum absolute atomic E-state index is 0.346. The van der Waals surface area contributed by atoms with Gasteiger partial charge >= 0.3 is 6.09 Å². The second-order valence-corrected chi connectivity index (χ2v) is 3.64. The van der Waals surface area contributed by atoms with Crippen molar-refractivity contribution in [1.82, 2.24) is 5.43 Å². The third-order valence-corrected chi connectivity index (χ3v) is 2.40. The van der Waals surface area contributed by atoms with Gasteiger partial charge in [-0.1, -0.05) is 0 Å². The predicted octanol–water partition coefficient (Wildman–Crippen LogP) is 2.14. The highest BCUT2D eigenvalue weighted by Gasteiger charge is 1.97. The molecule has 0 aliphatic heterocycles. The molecule has 1 amide bonds. The van der Waals surface area contributed by atoms with Gasteiger partial charge in [0.1, 0.15) is 0 Å². The number of aryl methyl sites for hydroxylation is 1. The Hall–Kier alpha value is -1.36. The van der Waals surface area contributed by atoms with Crippen LogP contribution in [0.15, 0.2) is 16.5 Å². The van der Waals surface area contributed by atoms with Crippen molar-refractivity contribution >= 4 is 23.6 Å². The highest BCUT2D eigenvalue weighted by molar-refractivity contribution is 7.10. The van der Waals surface area contributed by atoms with Crippen molar-refractivity contribution in [1.29, 1.82) is 0 Å². The molecule has 1 N–H and O–H groups in total. The van der Waals surface area contributed by atoms with Gasteiger partial charge in [-0.05, 0) is 25.3 Å². The maximum Gasteiger partial charge on any atom is 0.427 e. The Morgan fingerprint density at radius 2 is 2.57 bits per heavy atom. The molecule has 0 radical (unpaired) electrons. The Morgan fingerprint density at radius 1 is 1.79 bits per heavy atom. The van der Waals surface area contributed by atoms with E-state index < -0.39 is 6.09 Å². The van der Waals surface area contributed by atoms with Crippen molar-refractivity contribution in [3.8, 4) is 0 Å². The third-order valence-electron chi connectivity index (χ3n) is 1.53. The van der Waals surface area contributed by atoms with Crippen LogP contribution in [0.4, 0.5) is 4.79 Å². The predicted molar refractivity (Wildman–Crippen MR) is 56.8 cm³/mol. The molecule has 14 heavy (non-hydrogen) atoms. The molecule has 0 atom stereocenters. The minimum Gasteiger partial charge on any atom is -0.449 e. The van der Waals surface area contributed by atoms with E-state index in [2.05, 4.69) is 15.3 Å². The first-order valence-electron chi connectivity index (χ1n) is 4.24. The molecule has 0 aromatic carbocycles. The first kappa shape index (κ1) is 10.7. The number of hydrogen-bond donors (Lipinski definition) is 1. The van der Waals surface area contributed by atoms with Crippen LogP contribution in [0.5, 0.6) is 0 Å². The molecule has 4 nitrogen and oxygen atoms in total. The molecule has 1 aromatic heterocycles. The molecule has 0 saturated carbocycles. The molecule has 0 aliphatic rings. The van der Waals surface area contributed by atoms with Crippen LogP contribution in [0.3, 0.4) is 0 Å². The number of hydrogen-bond acceptors (Lipinski definition) is 4. The largest absolute Gasteiger partial charge is 0.449 e. The van der Waals surface area contributed by atoms with Gasteiger partial charge in [-0.15, -0.1) is 11.3 Å². The van der Waals surface area contributed by atoms with E-state index in [9.17, 15) is 4.79 Å². The zero-order valence-electron chi connectivity index (χ0n) is 8.11. The van der Waals surface area contributed by atoms with E-state index in [1.807, 2.05) is 18.4 Å². The molecule has 1 rings (SSSR count). The van der Waals surface area contributed by atoms with Crippen molar-refractivity contribution in [2.24, 2.45) is 5.10 Å². The summed E-state index contributed by atoms with van der Waals surface area (Å²) in [5.74, 6) is 0. The summed E-state index contributed by atoms with van der Waals surface area (Å²) in [6, 6.07) is 1.94. The van der Waals surface area contributed by atoms with Crippen LogP contribution in [0, 0.1) is 6.92 Å². The van der Waals surface area contributed by atoms with E-state index in [4.69, 9.17) is 0 Å².